The maximum Gasteiger partial charge on any atom is 0.408 e. The van der Waals surface area contributed by atoms with Crippen LogP contribution in [0.4, 0.5) is 23.2 Å². The fourth-order valence-corrected chi connectivity index (χ4v) is 4.54. The molecule has 176 valence electrons. The van der Waals surface area contributed by atoms with Crippen molar-refractivity contribution in [2.45, 2.75) is 45.5 Å². The molecule has 4 atom stereocenters. The van der Waals surface area contributed by atoms with Crippen molar-refractivity contribution < 1.29 is 27.1 Å². The molecule has 1 fully saturated rings. The average molecular weight is 464 g/mol. The number of nitrogens with zero attached hydrogens (tertiary/aromatic N) is 3. The van der Waals surface area contributed by atoms with Gasteiger partial charge in [-0.3, -0.25) is 14.5 Å². The number of ether oxygens (including phenoxy) is 1. The third-order valence-corrected chi connectivity index (χ3v) is 6.16. The van der Waals surface area contributed by atoms with Gasteiger partial charge < -0.3 is 10.1 Å². The van der Waals surface area contributed by atoms with Crippen LogP contribution in [0.25, 0.3) is 10.9 Å². The van der Waals surface area contributed by atoms with E-state index in [1.165, 1.54) is 18.3 Å². The van der Waals surface area contributed by atoms with Crippen LogP contribution in [0, 0.1) is 23.6 Å². The van der Waals surface area contributed by atoms with Gasteiger partial charge in [0.1, 0.15) is 18.1 Å². The molecule has 1 aliphatic carbocycles. The first-order valence-electron chi connectivity index (χ1n) is 10.7. The molecule has 1 N–H and O–H groups in total. The van der Waals surface area contributed by atoms with Crippen LogP contribution in [0.15, 0.2) is 42.9 Å². The summed E-state index contributed by atoms with van der Waals surface area (Å²) in [6.07, 6.45) is 0.793. The van der Waals surface area contributed by atoms with Crippen LogP contribution >= 0.6 is 0 Å². The van der Waals surface area contributed by atoms with Gasteiger partial charge in [-0.25, -0.2) is 4.39 Å². The van der Waals surface area contributed by atoms with E-state index in [0.29, 0.717) is 23.1 Å². The number of fused-ring (bicyclic) bond motifs is 1. The lowest BCUT2D eigenvalue weighted by Gasteiger charge is -2.22. The summed E-state index contributed by atoms with van der Waals surface area (Å²) >= 11 is 0. The molecule has 0 saturated heterocycles. The van der Waals surface area contributed by atoms with Crippen molar-refractivity contribution in [3.05, 3.63) is 48.7 Å². The number of pyridine rings is 1. The van der Waals surface area contributed by atoms with Crippen LogP contribution in [0.3, 0.4) is 0 Å². The van der Waals surface area contributed by atoms with Gasteiger partial charge in [-0.1, -0.05) is 13.8 Å². The predicted molar refractivity (Wildman–Crippen MR) is 114 cm³/mol. The number of anilines is 1. The molecule has 0 radical (unpaired) electrons. The zero-order valence-electron chi connectivity index (χ0n) is 18.1. The van der Waals surface area contributed by atoms with Gasteiger partial charge in [0.15, 0.2) is 0 Å². The van der Waals surface area contributed by atoms with Crippen molar-refractivity contribution in [2.24, 2.45) is 17.8 Å². The number of hydrogen-bond acceptors (Lipinski definition) is 4. The highest BCUT2D eigenvalue weighted by Crippen LogP contribution is 2.40. The molecular formula is C23H24F4N4O2. The highest BCUT2D eigenvalue weighted by molar-refractivity contribution is 5.92. The summed E-state index contributed by atoms with van der Waals surface area (Å²) in [6.45, 7) is 2.63. The van der Waals surface area contributed by atoms with Gasteiger partial charge in [-0.05, 0) is 48.9 Å². The van der Waals surface area contributed by atoms with E-state index >= 15 is 0 Å². The summed E-state index contributed by atoms with van der Waals surface area (Å²) in [7, 11) is 0. The Morgan fingerprint density at radius 2 is 2.09 bits per heavy atom. The van der Waals surface area contributed by atoms with Gasteiger partial charge in [0.05, 0.1) is 23.5 Å². The third-order valence-electron chi connectivity index (χ3n) is 6.16. The lowest BCUT2D eigenvalue weighted by atomic mass is 9.85. The van der Waals surface area contributed by atoms with Crippen molar-refractivity contribution in [1.29, 1.82) is 0 Å². The van der Waals surface area contributed by atoms with Gasteiger partial charge >= 0.3 is 6.18 Å². The number of hydrogen-bond donors (Lipinski definition) is 1. The van der Waals surface area contributed by atoms with Crippen LogP contribution in [0.1, 0.15) is 26.7 Å². The molecule has 0 spiro atoms. The fourth-order valence-electron chi connectivity index (χ4n) is 4.54. The van der Waals surface area contributed by atoms with E-state index in [1.807, 2.05) is 6.92 Å². The van der Waals surface area contributed by atoms with E-state index in [9.17, 15) is 22.4 Å². The second-order valence-electron chi connectivity index (χ2n) is 8.64. The molecule has 6 nitrogen and oxygen atoms in total. The van der Waals surface area contributed by atoms with E-state index < -0.39 is 12.7 Å². The minimum atomic E-state index is -4.39. The maximum atomic E-state index is 13.7. The number of carbonyl (C=O) groups is 1. The Morgan fingerprint density at radius 1 is 1.30 bits per heavy atom. The first-order chi connectivity index (χ1) is 15.6. The van der Waals surface area contributed by atoms with Crippen LogP contribution in [0.5, 0.6) is 5.75 Å². The number of alkyl halides is 3. The molecule has 4 unspecified atom stereocenters. The summed E-state index contributed by atoms with van der Waals surface area (Å²) in [5.74, 6) is -0.284. The highest BCUT2D eigenvalue weighted by atomic mass is 19.4. The molecule has 0 aliphatic heterocycles. The van der Waals surface area contributed by atoms with Crippen molar-refractivity contribution >= 4 is 22.5 Å². The SMILES string of the molecule is CC1CC(Oc2ccnc3ccc(F)cc23)CC1C(C)C(=O)Nc1cnn(CC(F)(F)F)c1. The largest absolute Gasteiger partial charge is 0.490 e. The Bertz CT molecular complexity index is 1150. The highest BCUT2D eigenvalue weighted by Gasteiger charge is 2.39. The first kappa shape index (κ1) is 23.0. The molecule has 1 amide bonds. The molecule has 2 heterocycles. The second kappa shape index (κ2) is 8.99. The molecule has 3 aromatic rings. The summed E-state index contributed by atoms with van der Waals surface area (Å²) < 4.78 is 58.2. The number of benzene rings is 1. The zero-order chi connectivity index (χ0) is 23.8. The summed E-state index contributed by atoms with van der Waals surface area (Å²) in [5.41, 5.74) is 0.857. The number of aromatic nitrogens is 3. The first-order valence-corrected chi connectivity index (χ1v) is 10.7. The van der Waals surface area contributed by atoms with Crippen LogP contribution in [0.2, 0.25) is 0 Å². The molecule has 33 heavy (non-hydrogen) atoms. The molecule has 1 saturated carbocycles. The number of halogens is 4. The quantitative estimate of drug-likeness (QED) is 0.509. The molecule has 4 rings (SSSR count). The summed E-state index contributed by atoms with van der Waals surface area (Å²) in [4.78, 5) is 17.0. The smallest absolute Gasteiger partial charge is 0.408 e. The van der Waals surface area contributed by atoms with Gasteiger partial charge in [-0.2, -0.15) is 18.3 Å². The molecule has 10 heteroatoms. The molecule has 1 aliphatic rings. The molecule has 1 aromatic carbocycles. The Labute approximate surface area is 187 Å². The number of carbonyl (C=O) groups excluding carboxylic acids is 1. The number of rotatable bonds is 6. The van der Waals surface area contributed by atoms with Crippen LogP contribution < -0.4 is 10.1 Å². The molecule has 2 aromatic heterocycles. The fraction of sp³-hybridized carbons (Fsp3) is 0.435. The minimum Gasteiger partial charge on any atom is -0.490 e. The minimum absolute atomic E-state index is 0.0186. The van der Waals surface area contributed by atoms with E-state index in [4.69, 9.17) is 4.74 Å². The molecular weight excluding hydrogens is 440 g/mol. The third kappa shape index (κ3) is 5.43. The van der Waals surface area contributed by atoms with E-state index in [1.54, 1.807) is 25.3 Å². The van der Waals surface area contributed by atoms with E-state index in [0.717, 1.165) is 17.3 Å². The van der Waals surface area contributed by atoms with E-state index in [2.05, 4.69) is 15.4 Å². The zero-order valence-corrected chi connectivity index (χ0v) is 18.1. The maximum absolute atomic E-state index is 13.7. The number of nitrogens with one attached hydrogen (secondary N) is 1. The standard InChI is InChI=1S/C23H24F4N4O2/c1-13-7-17(33-21-5-6-28-20-4-3-15(24)8-19(20)21)9-18(13)14(2)22(32)30-16-10-29-31(11-16)12-23(25,26)27/h3-6,8,10-11,13-14,17-18H,7,9,12H2,1-2H3,(H,30,32). The van der Waals surface area contributed by atoms with Gasteiger partial charge in [0.2, 0.25) is 5.91 Å². The summed E-state index contributed by atoms with van der Waals surface area (Å²) in [6, 6.07) is 6.04. The average Bonchev–Trinajstić information content (AvgIpc) is 3.32. The van der Waals surface area contributed by atoms with Crippen molar-refractivity contribution in [2.75, 3.05) is 5.32 Å². The normalized spacial score (nSPS) is 21.8. The van der Waals surface area contributed by atoms with Crippen molar-refractivity contribution in [1.82, 2.24) is 14.8 Å². The second-order valence-corrected chi connectivity index (χ2v) is 8.64. The Balaban J connectivity index is 1.39. The lowest BCUT2D eigenvalue weighted by Crippen LogP contribution is -2.28. The van der Waals surface area contributed by atoms with Gasteiger partial charge in [0.25, 0.3) is 0 Å². The Hall–Kier alpha value is -3.17. The van der Waals surface area contributed by atoms with Gasteiger partial charge in [0, 0.05) is 23.7 Å². The topological polar surface area (TPSA) is 69.0 Å². The Kier molecular flexibility index (Phi) is 6.27. The van der Waals surface area contributed by atoms with Gasteiger partial charge in [-0.15, -0.1) is 0 Å². The predicted octanol–water partition coefficient (Wildman–Crippen LogP) is 5.20. The number of amides is 1. The summed E-state index contributed by atoms with van der Waals surface area (Å²) in [5, 5.41) is 6.90. The van der Waals surface area contributed by atoms with E-state index in [-0.39, 0.29) is 41.3 Å². The van der Waals surface area contributed by atoms with Crippen molar-refractivity contribution in [3.8, 4) is 5.75 Å². The lowest BCUT2D eigenvalue weighted by molar-refractivity contribution is -0.142. The van der Waals surface area contributed by atoms with Crippen LogP contribution in [-0.2, 0) is 11.3 Å². The Morgan fingerprint density at radius 3 is 2.85 bits per heavy atom. The molecule has 0 bridgehead atoms. The van der Waals surface area contributed by atoms with Crippen LogP contribution in [-0.4, -0.2) is 33.0 Å². The monoisotopic (exact) mass is 464 g/mol. The van der Waals surface area contributed by atoms with Crippen molar-refractivity contribution in [3.63, 3.8) is 0 Å².